The molecule has 1 heterocycles. The lowest BCUT2D eigenvalue weighted by Gasteiger charge is -2.10. The Labute approximate surface area is 131 Å². The Hall–Kier alpha value is -1.66. The van der Waals surface area contributed by atoms with Crippen molar-refractivity contribution in [2.24, 2.45) is 0 Å². The van der Waals surface area contributed by atoms with Crippen molar-refractivity contribution in [2.45, 2.75) is 6.54 Å². The number of nitrogens with zero attached hydrogens (tertiary/aromatic N) is 1. The third-order valence-electron chi connectivity index (χ3n) is 2.58. The second-order valence-corrected chi connectivity index (χ2v) is 5.34. The van der Waals surface area contributed by atoms with Crippen LogP contribution in [0, 0.1) is 0 Å². The summed E-state index contributed by atoms with van der Waals surface area (Å²) in [5.41, 5.74) is 1.12. The topological polar surface area (TPSA) is 46.2 Å². The molecule has 0 saturated carbocycles. The molecular formula is C14H14BrN3OS. The van der Waals surface area contributed by atoms with Crippen LogP contribution in [0.3, 0.4) is 0 Å². The number of hydrogen-bond acceptors (Lipinski definition) is 3. The molecule has 2 rings (SSSR count). The average molecular weight is 352 g/mol. The van der Waals surface area contributed by atoms with Crippen molar-refractivity contribution in [2.75, 3.05) is 12.4 Å². The minimum absolute atomic E-state index is 0.538. The summed E-state index contributed by atoms with van der Waals surface area (Å²) in [5.74, 6) is 1.55. The summed E-state index contributed by atoms with van der Waals surface area (Å²) >= 11 is 8.55. The van der Waals surface area contributed by atoms with E-state index in [0.29, 0.717) is 17.5 Å². The third kappa shape index (κ3) is 4.47. The SMILES string of the molecule is COc1ccc(CNC(=S)Nc2ccc(Br)cn2)cc1. The maximum Gasteiger partial charge on any atom is 0.172 e. The fourth-order valence-corrected chi connectivity index (χ4v) is 1.95. The van der Waals surface area contributed by atoms with Crippen LogP contribution >= 0.6 is 28.1 Å². The summed E-state index contributed by atoms with van der Waals surface area (Å²) in [5, 5.41) is 6.69. The molecule has 20 heavy (non-hydrogen) atoms. The van der Waals surface area contributed by atoms with Crippen LogP contribution in [-0.2, 0) is 6.54 Å². The van der Waals surface area contributed by atoms with Crippen LogP contribution in [0.2, 0.25) is 0 Å². The van der Waals surface area contributed by atoms with Gasteiger partial charge in [0, 0.05) is 17.2 Å². The Bertz CT molecular complexity index is 572. The van der Waals surface area contributed by atoms with Crippen LogP contribution in [-0.4, -0.2) is 17.2 Å². The van der Waals surface area contributed by atoms with Crippen molar-refractivity contribution >= 4 is 39.1 Å². The van der Waals surface area contributed by atoms with Crippen LogP contribution in [0.5, 0.6) is 5.75 Å². The summed E-state index contributed by atoms with van der Waals surface area (Å²) in [6.07, 6.45) is 1.72. The molecule has 0 aliphatic carbocycles. The predicted molar refractivity (Wildman–Crippen MR) is 88.0 cm³/mol. The molecule has 0 unspecified atom stereocenters. The minimum Gasteiger partial charge on any atom is -0.497 e. The molecule has 0 saturated heterocycles. The lowest BCUT2D eigenvalue weighted by Crippen LogP contribution is -2.28. The first-order chi connectivity index (χ1) is 9.67. The molecule has 6 heteroatoms. The van der Waals surface area contributed by atoms with E-state index in [1.165, 1.54) is 0 Å². The highest BCUT2D eigenvalue weighted by Crippen LogP contribution is 2.12. The fraction of sp³-hybridized carbons (Fsp3) is 0.143. The van der Waals surface area contributed by atoms with Crippen molar-refractivity contribution in [3.63, 3.8) is 0 Å². The number of anilines is 1. The molecule has 0 atom stereocenters. The van der Waals surface area contributed by atoms with E-state index in [-0.39, 0.29) is 0 Å². The predicted octanol–water partition coefficient (Wildman–Crippen LogP) is 3.34. The molecule has 0 radical (unpaired) electrons. The zero-order chi connectivity index (χ0) is 14.4. The Morgan fingerprint density at radius 1 is 1.25 bits per heavy atom. The monoisotopic (exact) mass is 351 g/mol. The van der Waals surface area contributed by atoms with E-state index in [1.807, 2.05) is 36.4 Å². The van der Waals surface area contributed by atoms with Crippen LogP contribution in [0.25, 0.3) is 0 Å². The quantitative estimate of drug-likeness (QED) is 0.827. The molecule has 0 bridgehead atoms. The van der Waals surface area contributed by atoms with Crippen molar-refractivity contribution in [1.29, 1.82) is 0 Å². The lowest BCUT2D eigenvalue weighted by molar-refractivity contribution is 0.414. The Balaban J connectivity index is 1.83. The summed E-state index contributed by atoms with van der Waals surface area (Å²) < 4.78 is 6.04. The lowest BCUT2D eigenvalue weighted by atomic mass is 10.2. The minimum atomic E-state index is 0.538. The highest BCUT2D eigenvalue weighted by molar-refractivity contribution is 9.10. The van der Waals surface area contributed by atoms with Gasteiger partial charge in [0.15, 0.2) is 5.11 Å². The van der Waals surface area contributed by atoms with Gasteiger partial charge in [0.25, 0.3) is 0 Å². The largest absolute Gasteiger partial charge is 0.497 e. The maximum atomic E-state index is 5.22. The molecule has 104 valence electrons. The highest BCUT2D eigenvalue weighted by Gasteiger charge is 1.99. The van der Waals surface area contributed by atoms with Gasteiger partial charge in [-0.25, -0.2) is 4.98 Å². The molecule has 2 aromatic rings. The highest BCUT2D eigenvalue weighted by atomic mass is 79.9. The number of benzene rings is 1. The smallest absolute Gasteiger partial charge is 0.172 e. The second-order valence-electron chi connectivity index (χ2n) is 4.02. The average Bonchev–Trinajstić information content (AvgIpc) is 2.48. The Kier molecular flexibility index (Phi) is 5.31. The van der Waals surface area contributed by atoms with Crippen LogP contribution < -0.4 is 15.4 Å². The van der Waals surface area contributed by atoms with E-state index in [9.17, 15) is 0 Å². The number of hydrogen-bond donors (Lipinski definition) is 2. The summed E-state index contributed by atoms with van der Waals surface area (Å²) in [7, 11) is 1.65. The van der Waals surface area contributed by atoms with Gasteiger partial charge in [0.05, 0.1) is 7.11 Å². The van der Waals surface area contributed by atoms with E-state index in [0.717, 1.165) is 15.8 Å². The first-order valence-corrected chi connectivity index (χ1v) is 7.17. The molecule has 0 amide bonds. The number of aromatic nitrogens is 1. The zero-order valence-electron chi connectivity index (χ0n) is 10.9. The van der Waals surface area contributed by atoms with Gasteiger partial charge in [0.2, 0.25) is 0 Å². The van der Waals surface area contributed by atoms with Crippen molar-refractivity contribution in [1.82, 2.24) is 10.3 Å². The number of rotatable bonds is 4. The molecule has 0 aliphatic rings. The summed E-state index contributed by atoms with van der Waals surface area (Å²) in [6, 6.07) is 11.6. The van der Waals surface area contributed by atoms with E-state index in [1.54, 1.807) is 13.3 Å². The van der Waals surface area contributed by atoms with Gasteiger partial charge in [-0.3, -0.25) is 0 Å². The van der Waals surface area contributed by atoms with E-state index in [4.69, 9.17) is 17.0 Å². The van der Waals surface area contributed by atoms with Gasteiger partial charge in [-0.1, -0.05) is 12.1 Å². The standard InChI is InChI=1S/C14H14BrN3OS/c1-19-12-5-2-10(3-6-12)8-17-14(20)18-13-7-4-11(15)9-16-13/h2-7,9H,8H2,1H3,(H2,16,17,18,20). The molecule has 1 aromatic carbocycles. The zero-order valence-corrected chi connectivity index (χ0v) is 13.3. The fourth-order valence-electron chi connectivity index (χ4n) is 1.54. The van der Waals surface area contributed by atoms with Gasteiger partial charge in [-0.05, 0) is 58.0 Å². The van der Waals surface area contributed by atoms with Crippen molar-refractivity contribution in [3.05, 3.63) is 52.6 Å². The number of methoxy groups -OCH3 is 1. The second kappa shape index (κ2) is 7.21. The molecule has 0 spiro atoms. The number of thiocarbonyl (C=S) groups is 1. The maximum absolute atomic E-state index is 5.22. The Morgan fingerprint density at radius 2 is 2.00 bits per heavy atom. The van der Waals surface area contributed by atoms with Gasteiger partial charge in [-0.15, -0.1) is 0 Å². The molecule has 0 fully saturated rings. The molecule has 4 nitrogen and oxygen atoms in total. The number of halogens is 1. The van der Waals surface area contributed by atoms with E-state index in [2.05, 4.69) is 31.5 Å². The molecule has 2 N–H and O–H groups in total. The van der Waals surface area contributed by atoms with Gasteiger partial charge in [-0.2, -0.15) is 0 Å². The molecular weight excluding hydrogens is 338 g/mol. The van der Waals surface area contributed by atoms with Crippen molar-refractivity contribution in [3.8, 4) is 5.75 Å². The van der Waals surface area contributed by atoms with Crippen LogP contribution in [0.4, 0.5) is 5.82 Å². The third-order valence-corrected chi connectivity index (χ3v) is 3.30. The van der Waals surface area contributed by atoms with Gasteiger partial charge >= 0.3 is 0 Å². The number of ether oxygens (including phenoxy) is 1. The molecule has 0 aliphatic heterocycles. The molecule has 1 aromatic heterocycles. The van der Waals surface area contributed by atoms with Gasteiger partial charge in [0.1, 0.15) is 11.6 Å². The van der Waals surface area contributed by atoms with Gasteiger partial charge < -0.3 is 15.4 Å². The van der Waals surface area contributed by atoms with Crippen molar-refractivity contribution < 1.29 is 4.74 Å². The normalized spacial score (nSPS) is 9.90. The summed E-state index contributed by atoms with van der Waals surface area (Å²) in [4.78, 5) is 4.19. The van der Waals surface area contributed by atoms with Crippen LogP contribution in [0.15, 0.2) is 47.1 Å². The van der Waals surface area contributed by atoms with E-state index >= 15 is 0 Å². The Morgan fingerprint density at radius 3 is 2.60 bits per heavy atom. The number of pyridine rings is 1. The number of nitrogens with one attached hydrogen (secondary N) is 2. The van der Waals surface area contributed by atoms with Crippen LogP contribution in [0.1, 0.15) is 5.56 Å². The first kappa shape index (κ1) is 14.7. The summed E-state index contributed by atoms with van der Waals surface area (Å²) in [6.45, 7) is 0.645. The first-order valence-electron chi connectivity index (χ1n) is 5.97. The van der Waals surface area contributed by atoms with E-state index < -0.39 is 0 Å².